The molecule has 10 heteroatoms. The van der Waals surface area contributed by atoms with Gasteiger partial charge in [-0.2, -0.15) is 18.3 Å². The van der Waals surface area contributed by atoms with Crippen molar-refractivity contribution in [1.82, 2.24) is 20.4 Å². The fourth-order valence-electron chi connectivity index (χ4n) is 1.28. The molecule has 0 saturated heterocycles. The number of aromatic nitrogens is 2. The van der Waals surface area contributed by atoms with Crippen molar-refractivity contribution in [3.8, 4) is 0 Å². The number of alkyl halides is 3. The van der Waals surface area contributed by atoms with Crippen LogP contribution in [0.15, 0.2) is 12.3 Å². The molecule has 1 atom stereocenters. The summed E-state index contributed by atoms with van der Waals surface area (Å²) < 4.78 is 37.1. The molecule has 0 bridgehead atoms. The van der Waals surface area contributed by atoms with Crippen LogP contribution in [0, 0.1) is 0 Å². The molecule has 0 aromatic carbocycles. The van der Waals surface area contributed by atoms with Gasteiger partial charge >= 0.3 is 12.2 Å². The van der Waals surface area contributed by atoms with E-state index in [4.69, 9.17) is 0 Å². The summed E-state index contributed by atoms with van der Waals surface area (Å²) in [6.07, 6.45) is -3.23. The van der Waals surface area contributed by atoms with Crippen LogP contribution in [0.1, 0.15) is 6.92 Å². The molecule has 0 unspecified atom stereocenters. The van der Waals surface area contributed by atoms with Crippen molar-refractivity contribution in [1.29, 1.82) is 0 Å². The van der Waals surface area contributed by atoms with Crippen LogP contribution in [0.4, 0.5) is 23.8 Å². The molecule has 0 saturated carbocycles. The predicted octanol–water partition coefficient (Wildman–Crippen LogP) is 0.701. The number of hydrogen-bond acceptors (Lipinski definition) is 4. The maximum absolute atomic E-state index is 12.1. The monoisotopic (exact) mass is 293 g/mol. The van der Waals surface area contributed by atoms with Gasteiger partial charge in [0.1, 0.15) is 18.4 Å². The number of anilines is 1. The number of amides is 3. The van der Waals surface area contributed by atoms with Crippen LogP contribution in [-0.4, -0.2) is 41.0 Å². The largest absolute Gasteiger partial charge is 0.408 e. The standard InChI is InChI=1S/C10H14F3N5O2/c1-6(8(19)16-9(20)14-2)15-7-3-4-18(17-7)5-10(11,12)13/h3-4,6H,5H2,1-2H3,(H,15,17)(H2,14,16,19,20)/t6-/m1/s1. The van der Waals surface area contributed by atoms with Crippen LogP contribution < -0.4 is 16.0 Å². The second-order valence-electron chi connectivity index (χ2n) is 3.95. The lowest BCUT2D eigenvalue weighted by molar-refractivity contribution is -0.142. The third kappa shape index (κ3) is 5.16. The summed E-state index contributed by atoms with van der Waals surface area (Å²) in [4.78, 5) is 22.4. The molecule has 1 aromatic rings. The lowest BCUT2D eigenvalue weighted by atomic mass is 10.3. The van der Waals surface area contributed by atoms with Crippen LogP contribution >= 0.6 is 0 Å². The number of hydrogen-bond donors (Lipinski definition) is 3. The number of imide groups is 1. The van der Waals surface area contributed by atoms with Gasteiger partial charge in [0.25, 0.3) is 0 Å². The first-order valence-electron chi connectivity index (χ1n) is 5.60. The van der Waals surface area contributed by atoms with E-state index in [0.717, 1.165) is 6.20 Å². The van der Waals surface area contributed by atoms with Gasteiger partial charge in [-0.3, -0.25) is 14.8 Å². The molecule has 3 N–H and O–H groups in total. The lowest BCUT2D eigenvalue weighted by Crippen LogP contribution is -2.44. The number of nitrogens with zero attached hydrogens (tertiary/aromatic N) is 2. The smallest absolute Gasteiger partial charge is 0.357 e. The average Bonchev–Trinajstić information content (AvgIpc) is 2.73. The van der Waals surface area contributed by atoms with Crippen LogP contribution in [-0.2, 0) is 11.3 Å². The summed E-state index contributed by atoms with van der Waals surface area (Å²) in [5.41, 5.74) is 0. The zero-order chi connectivity index (χ0) is 15.3. The minimum absolute atomic E-state index is 0.105. The molecule has 0 fully saturated rings. The first kappa shape index (κ1) is 15.8. The Morgan fingerprint density at radius 2 is 2.10 bits per heavy atom. The van der Waals surface area contributed by atoms with E-state index in [-0.39, 0.29) is 5.82 Å². The third-order valence-corrected chi connectivity index (χ3v) is 2.20. The van der Waals surface area contributed by atoms with Gasteiger partial charge in [-0.25, -0.2) is 4.79 Å². The topological polar surface area (TPSA) is 88.0 Å². The molecule has 3 amide bonds. The quantitative estimate of drug-likeness (QED) is 0.762. The number of halogens is 3. The van der Waals surface area contributed by atoms with Crippen molar-refractivity contribution >= 4 is 17.8 Å². The van der Waals surface area contributed by atoms with Crippen LogP contribution in [0.5, 0.6) is 0 Å². The highest BCUT2D eigenvalue weighted by Gasteiger charge is 2.28. The van der Waals surface area contributed by atoms with Crippen molar-refractivity contribution in [3.05, 3.63) is 12.3 Å². The second-order valence-corrected chi connectivity index (χ2v) is 3.95. The summed E-state index contributed by atoms with van der Waals surface area (Å²) in [7, 11) is 1.35. The van der Waals surface area contributed by atoms with Gasteiger partial charge in [0.2, 0.25) is 5.91 Å². The fraction of sp³-hybridized carbons (Fsp3) is 0.500. The van der Waals surface area contributed by atoms with E-state index >= 15 is 0 Å². The Labute approximate surface area is 112 Å². The van der Waals surface area contributed by atoms with Crippen LogP contribution in [0.25, 0.3) is 0 Å². The highest BCUT2D eigenvalue weighted by Crippen LogP contribution is 2.17. The van der Waals surface area contributed by atoms with Crippen molar-refractivity contribution in [2.24, 2.45) is 0 Å². The zero-order valence-electron chi connectivity index (χ0n) is 10.8. The zero-order valence-corrected chi connectivity index (χ0v) is 10.8. The first-order valence-corrected chi connectivity index (χ1v) is 5.60. The maximum Gasteiger partial charge on any atom is 0.408 e. The van der Waals surface area contributed by atoms with Gasteiger partial charge in [0, 0.05) is 19.3 Å². The lowest BCUT2D eigenvalue weighted by Gasteiger charge is -2.12. The number of urea groups is 1. The Hall–Kier alpha value is -2.26. The second kappa shape index (κ2) is 6.26. The Balaban J connectivity index is 2.56. The van der Waals surface area contributed by atoms with Gasteiger partial charge in [-0.15, -0.1) is 0 Å². The third-order valence-electron chi connectivity index (χ3n) is 2.20. The maximum atomic E-state index is 12.1. The van der Waals surface area contributed by atoms with E-state index in [1.54, 1.807) is 0 Å². The summed E-state index contributed by atoms with van der Waals surface area (Å²) in [5.74, 6) is -0.525. The molecule has 112 valence electrons. The molecule has 1 aromatic heterocycles. The minimum atomic E-state index is -4.37. The molecular formula is C10H14F3N5O2. The summed E-state index contributed by atoms with van der Waals surface area (Å²) in [6.45, 7) is 0.231. The summed E-state index contributed by atoms with van der Waals surface area (Å²) in [5, 5.41) is 10.4. The summed E-state index contributed by atoms with van der Waals surface area (Å²) >= 11 is 0. The molecule has 1 rings (SSSR count). The van der Waals surface area contributed by atoms with Gasteiger partial charge in [-0.1, -0.05) is 0 Å². The van der Waals surface area contributed by atoms with Gasteiger partial charge < -0.3 is 10.6 Å². The van der Waals surface area contributed by atoms with Gasteiger partial charge in [0.05, 0.1) is 0 Å². The molecular weight excluding hydrogens is 279 g/mol. The Kier molecular flexibility index (Phi) is 4.94. The van der Waals surface area contributed by atoms with Crippen LogP contribution in [0.2, 0.25) is 0 Å². The van der Waals surface area contributed by atoms with E-state index in [9.17, 15) is 22.8 Å². The van der Waals surface area contributed by atoms with Crippen molar-refractivity contribution in [2.45, 2.75) is 25.7 Å². The molecule has 0 radical (unpaired) electrons. The van der Waals surface area contributed by atoms with E-state index in [2.05, 4.69) is 15.7 Å². The van der Waals surface area contributed by atoms with Crippen LogP contribution in [0.3, 0.4) is 0 Å². The number of carbonyl (C=O) groups excluding carboxylic acids is 2. The SMILES string of the molecule is CNC(=O)NC(=O)[C@@H](C)Nc1ccn(CC(F)(F)F)n1. The number of rotatable bonds is 4. The highest BCUT2D eigenvalue weighted by atomic mass is 19.4. The fourth-order valence-corrected chi connectivity index (χ4v) is 1.28. The van der Waals surface area contributed by atoms with Gasteiger partial charge in [0.15, 0.2) is 0 Å². The van der Waals surface area contributed by atoms with E-state index in [0.29, 0.717) is 4.68 Å². The Morgan fingerprint density at radius 1 is 1.45 bits per heavy atom. The minimum Gasteiger partial charge on any atom is -0.357 e. The van der Waals surface area contributed by atoms with E-state index in [1.807, 2.05) is 5.32 Å². The van der Waals surface area contributed by atoms with Crippen molar-refractivity contribution in [3.63, 3.8) is 0 Å². The molecule has 7 nitrogen and oxygen atoms in total. The average molecular weight is 293 g/mol. The first-order chi connectivity index (χ1) is 9.21. The molecule has 0 spiro atoms. The summed E-state index contributed by atoms with van der Waals surface area (Å²) in [6, 6.07) is -0.206. The highest BCUT2D eigenvalue weighted by molar-refractivity contribution is 5.97. The molecule has 0 aliphatic rings. The molecule has 0 aliphatic heterocycles. The van der Waals surface area contributed by atoms with E-state index < -0.39 is 30.7 Å². The predicted molar refractivity (Wildman–Crippen MR) is 64.0 cm³/mol. The van der Waals surface area contributed by atoms with E-state index in [1.165, 1.54) is 20.0 Å². The Morgan fingerprint density at radius 3 is 2.65 bits per heavy atom. The normalized spacial score (nSPS) is 12.7. The molecule has 1 heterocycles. The van der Waals surface area contributed by atoms with Crippen molar-refractivity contribution in [2.75, 3.05) is 12.4 Å². The molecule has 20 heavy (non-hydrogen) atoms. The number of carbonyl (C=O) groups is 2. The Bertz CT molecular complexity index is 485. The molecule has 0 aliphatic carbocycles. The van der Waals surface area contributed by atoms with Crippen molar-refractivity contribution < 1.29 is 22.8 Å². The number of nitrogens with one attached hydrogen (secondary N) is 3. The van der Waals surface area contributed by atoms with Gasteiger partial charge in [-0.05, 0) is 6.92 Å².